The molecule has 0 radical (unpaired) electrons. The number of rotatable bonds is 8. The van der Waals surface area contributed by atoms with Gasteiger partial charge in [0, 0.05) is 22.5 Å². The van der Waals surface area contributed by atoms with E-state index < -0.39 is 17.8 Å². The van der Waals surface area contributed by atoms with Crippen molar-refractivity contribution in [3.63, 3.8) is 0 Å². The molecule has 1 saturated heterocycles. The van der Waals surface area contributed by atoms with Gasteiger partial charge in [0.2, 0.25) is 11.8 Å². The molecule has 0 bridgehead atoms. The quantitative estimate of drug-likeness (QED) is 0.457. The highest BCUT2D eigenvalue weighted by molar-refractivity contribution is 6.35. The Hall–Kier alpha value is -2.49. The summed E-state index contributed by atoms with van der Waals surface area (Å²) >= 11 is 12.3. The van der Waals surface area contributed by atoms with Gasteiger partial charge in [-0.3, -0.25) is 9.59 Å². The molecule has 1 heterocycles. The molecule has 2 aromatic carbocycles. The van der Waals surface area contributed by atoms with Gasteiger partial charge in [-0.2, -0.15) is 0 Å². The predicted molar refractivity (Wildman–Crippen MR) is 130 cm³/mol. The van der Waals surface area contributed by atoms with Crippen LogP contribution < -0.4 is 20.7 Å². The van der Waals surface area contributed by atoms with Crippen molar-refractivity contribution < 1.29 is 27.5 Å². The number of hydrogen-bond donors (Lipinski definition) is 3. The summed E-state index contributed by atoms with van der Waals surface area (Å²) in [5, 5.41) is 10.00. The predicted octanol–water partition coefficient (Wildman–Crippen LogP) is 4.52. The lowest BCUT2D eigenvalue weighted by molar-refractivity contribution is -0.274. The number of piperidine rings is 1. The first-order valence-electron chi connectivity index (χ1n) is 11.7. The average molecular weight is 544 g/mol. The van der Waals surface area contributed by atoms with Gasteiger partial charge < -0.3 is 20.7 Å². The second-order valence-electron chi connectivity index (χ2n) is 9.15. The summed E-state index contributed by atoms with van der Waals surface area (Å²) in [5.41, 5.74) is 0.315. The van der Waals surface area contributed by atoms with Crippen molar-refractivity contribution in [1.29, 1.82) is 0 Å². The standard InChI is InChI=1S/C25H26Cl2F3N3O3/c26-17-4-1-15(20(27)14-17)13-21(22(34)32-18-7-11-31-12-8-18)33-23(35)24(9-10-24)16-2-5-19(6-3-16)36-25(28,29)30/h1-6,14,18,21,31H,7-13H2,(H,32,34)(H,33,35). The monoisotopic (exact) mass is 543 g/mol. The number of benzene rings is 2. The van der Waals surface area contributed by atoms with E-state index in [1.807, 2.05) is 0 Å². The van der Waals surface area contributed by atoms with Gasteiger partial charge in [-0.05, 0) is 74.2 Å². The second-order valence-corrected chi connectivity index (χ2v) is 10.00. The van der Waals surface area contributed by atoms with Crippen molar-refractivity contribution in [1.82, 2.24) is 16.0 Å². The lowest BCUT2D eigenvalue weighted by Gasteiger charge is -2.28. The Morgan fingerprint density at radius 2 is 1.75 bits per heavy atom. The number of carbonyl (C=O) groups excluding carboxylic acids is 2. The van der Waals surface area contributed by atoms with Gasteiger partial charge in [-0.25, -0.2) is 0 Å². The lowest BCUT2D eigenvalue weighted by atomic mass is 9.93. The Labute approximate surface area is 216 Å². The number of alkyl halides is 3. The molecule has 1 saturated carbocycles. The topological polar surface area (TPSA) is 79.5 Å². The molecule has 2 fully saturated rings. The smallest absolute Gasteiger partial charge is 0.406 e. The average Bonchev–Trinajstić information content (AvgIpc) is 3.62. The fourth-order valence-electron chi connectivity index (χ4n) is 4.43. The Kier molecular flexibility index (Phi) is 8.02. The van der Waals surface area contributed by atoms with E-state index in [0.717, 1.165) is 25.9 Å². The third-order valence-electron chi connectivity index (χ3n) is 6.57. The zero-order valence-corrected chi connectivity index (χ0v) is 20.8. The van der Waals surface area contributed by atoms with Crippen molar-refractivity contribution in [2.45, 2.75) is 56.0 Å². The van der Waals surface area contributed by atoms with Crippen LogP contribution in [-0.2, 0) is 21.4 Å². The number of hydrogen-bond acceptors (Lipinski definition) is 4. The Morgan fingerprint density at radius 1 is 1.08 bits per heavy atom. The van der Waals surface area contributed by atoms with Gasteiger partial charge >= 0.3 is 6.36 Å². The molecule has 2 aromatic rings. The van der Waals surface area contributed by atoms with E-state index in [9.17, 15) is 22.8 Å². The van der Waals surface area contributed by atoms with Crippen LogP contribution in [0.25, 0.3) is 0 Å². The fraction of sp³-hybridized carbons (Fsp3) is 0.440. The van der Waals surface area contributed by atoms with Crippen molar-refractivity contribution in [3.05, 3.63) is 63.6 Å². The van der Waals surface area contributed by atoms with E-state index in [1.165, 1.54) is 24.3 Å². The fourth-order valence-corrected chi connectivity index (χ4v) is 4.91. The molecule has 194 valence electrons. The molecule has 1 unspecified atom stereocenters. The maximum absolute atomic E-state index is 13.4. The highest BCUT2D eigenvalue weighted by atomic mass is 35.5. The number of nitrogens with one attached hydrogen (secondary N) is 3. The molecule has 0 spiro atoms. The molecule has 11 heteroatoms. The normalized spacial score (nSPS) is 18.2. The van der Waals surface area contributed by atoms with E-state index in [0.29, 0.717) is 34.0 Å². The van der Waals surface area contributed by atoms with E-state index in [4.69, 9.17) is 23.2 Å². The maximum Gasteiger partial charge on any atom is 0.573 e. The minimum atomic E-state index is -4.80. The van der Waals surface area contributed by atoms with Gasteiger partial charge in [0.1, 0.15) is 11.8 Å². The third kappa shape index (κ3) is 6.63. The van der Waals surface area contributed by atoms with E-state index in [1.54, 1.807) is 18.2 Å². The summed E-state index contributed by atoms with van der Waals surface area (Å²) in [5.74, 6) is -1.03. The number of halogens is 5. The molecule has 1 atom stereocenters. The Balaban J connectivity index is 1.51. The minimum Gasteiger partial charge on any atom is -0.406 e. The molecular formula is C25H26Cl2F3N3O3. The molecule has 1 aliphatic heterocycles. The third-order valence-corrected chi connectivity index (χ3v) is 7.16. The summed E-state index contributed by atoms with van der Waals surface area (Å²) in [7, 11) is 0. The van der Waals surface area contributed by atoms with E-state index in [-0.39, 0.29) is 30.0 Å². The molecule has 1 aliphatic carbocycles. The summed E-state index contributed by atoms with van der Waals surface area (Å²) in [6.07, 6.45) is -2.04. The molecule has 6 nitrogen and oxygen atoms in total. The number of amides is 2. The van der Waals surface area contributed by atoms with Crippen LogP contribution in [-0.4, -0.2) is 43.3 Å². The van der Waals surface area contributed by atoms with Gasteiger partial charge in [0.05, 0.1) is 5.41 Å². The van der Waals surface area contributed by atoms with E-state index >= 15 is 0 Å². The Bertz CT molecular complexity index is 1100. The first-order chi connectivity index (χ1) is 17.1. The van der Waals surface area contributed by atoms with Crippen molar-refractivity contribution >= 4 is 35.0 Å². The first-order valence-corrected chi connectivity index (χ1v) is 12.4. The summed E-state index contributed by atoms with van der Waals surface area (Å²) in [6.45, 7) is 1.59. The van der Waals surface area contributed by atoms with Crippen LogP contribution in [0.3, 0.4) is 0 Å². The highest BCUT2D eigenvalue weighted by Crippen LogP contribution is 2.49. The molecule has 4 rings (SSSR count). The SMILES string of the molecule is O=C(NC1CCNCC1)C(Cc1ccc(Cl)cc1Cl)NC(=O)C1(c2ccc(OC(F)(F)F)cc2)CC1. The van der Waals surface area contributed by atoms with Crippen LogP contribution in [0.15, 0.2) is 42.5 Å². The van der Waals surface area contributed by atoms with E-state index in [2.05, 4.69) is 20.7 Å². The molecular weight excluding hydrogens is 518 g/mol. The van der Waals surface area contributed by atoms with Crippen LogP contribution in [0, 0.1) is 0 Å². The van der Waals surface area contributed by atoms with Gasteiger partial charge in [-0.15, -0.1) is 13.2 Å². The minimum absolute atomic E-state index is 0.00472. The Morgan fingerprint density at radius 3 is 2.33 bits per heavy atom. The lowest BCUT2D eigenvalue weighted by Crippen LogP contribution is -2.54. The van der Waals surface area contributed by atoms with Crippen LogP contribution in [0.1, 0.15) is 36.8 Å². The molecule has 36 heavy (non-hydrogen) atoms. The zero-order chi connectivity index (χ0) is 25.9. The van der Waals surface area contributed by atoms with Crippen LogP contribution in [0.2, 0.25) is 10.0 Å². The zero-order valence-electron chi connectivity index (χ0n) is 19.3. The van der Waals surface area contributed by atoms with Crippen LogP contribution >= 0.6 is 23.2 Å². The van der Waals surface area contributed by atoms with Crippen molar-refractivity contribution in [3.8, 4) is 5.75 Å². The van der Waals surface area contributed by atoms with Gasteiger partial charge in [0.25, 0.3) is 0 Å². The van der Waals surface area contributed by atoms with Crippen molar-refractivity contribution in [2.75, 3.05) is 13.1 Å². The molecule has 3 N–H and O–H groups in total. The summed E-state index contributed by atoms with van der Waals surface area (Å²) < 4.78 is 41.4. The van der Waals surface area contributed by atoms with Crippen molar-refractivity contribution in [2.24, 2.45) is 0 Å². The number of ether oxygens (including phenoxy) is 1. The number of carbonyl (C=O) groups is 2. The first kappa shape index (κ1) is 26.6. The second kappa shape index (κ2) is 10.9. The highest BCUT2D eigenvalue weighted by Gasteiger charge is 2.52. The molecule has 2 aliphatic rings. The van der Waals surface area contributed by atoms with Gasteiger partial charge in [0.15, 0.2) is 0 Å². The molecule has 2 amide bonds. The summed E-state index contributed by atoms with van der Waals surface area (Å²) in [4.78, 5) is 26.7. The largest absolute Gasteiger partial charge is 0.573 e. The van der Waals surface area contributed by atoms with Crippen LogP contribution in [0.5, 0.6) is 5.75 Å². The summed E-state index contributed by atoms with van der Waals surface area (Å²) in [6, 6.07) is 9.34. The van der Waals surface area contributed by atoms with Gasteiger partial charge in [-0.1, -0.05) is 41.4 Å². The van der Waals surface area contributed by atoms with Crippen LogP contribution in [0.4, 0.5) is 13.2 Å². The molecule has 0 aromatic heterocycles. The maximum atomic E-state index is 13.4.